The zero-order valence-electron chi connectivity index (χ0n) is 10.6. The van der Waals surface area contributed by atoms with E-state index in [9.17, 15) is 12.8 Å². The maximum absolute atomic E-state index is 13.8. The normalized spacial score (nSPS) is 11.6. The van der Waals surface area contributed by atoms with Crippen molar-refractivity contribution < 1.29 is 12.8 Å². The summed E-state index contributed by atoms with van der Waals surface area (Å²) in [7, 11) is -4.08. The molecule has 4 nitrogen and oxygen atoms in total. The molecular formula is C13H11Cl2FN2O2S. The molecule has 0 atom stereocenters. The van der Waals surface area contributed by atoms with Crippen molar-refractivity contribution in [1.29, 1.82) is 0 Å². The Kier molecular flexibility index (Phi) is 4.73. The van der Waals surface area contributed by atoms with E-state index in [1.165, 1.54) is 0 Å². The van der Waals surface area contributed by atoms with Gasteiger partial charge in [-0.25, -0.2) is 17.5 Å². The van der Waals surface area contributed by atoms with Crippen molar-refractivity contribution in [1.82, 2.24) is 4.72 Å². The Labute approximate surface area is 131 Å². The van der Waals surface area contributed by atoms with Crippen LogP contribution in [-0.4, -0.2) is 8.42 Å². The Morgan fingerprint density at radius 2 is 1.86 bits per heavy atom. The summed E-state index contributed by atoms with van der Waals surface area (Å²) < 4.78 is 40.4. The van der Waals surface area contributed by atoms with Gasteiger partial charge in [0.1, 0.15) is 4.90 Å². The van der Waals surface area contributed by atoms with Crippen molar-refractivity contribution in [2.75, 3.05) is 5.73 Å². The minimum absolute atomic E-state index is 0.0330. The van der Waals surface area contributed by atoms with E-state index in [4.69, 9.17) is 28.9 Å². The summed E-state index contributed by atoms with van der Waals surface area (Å²) in [5.41, 5.74) is 5.69. The van der Waals surface area contributed by atoms with E-state index in [1.807, 2.05) is 0 Å². The standard InChI is InChI=1S/C13H11Cl2FN2O2S/c14-9-3-1-2-8(4-9)7-18-21(19,20)12-6-10(15)5-11(17)13(12)16/h1-6,18H,7,17H2. The molecule has 0 amide bonds. The first-order chi connectivity index (χ1) is 9.79. The number of hydrogen-bond acceptors (Lipinski definition) is 3. The molecule has 0 bridgehead atoms. The lowest BCUT2D eigenvalue weighted by Gasteiger charge is -2.10. The zero-order valence-corrected chi connectivity index (χ0v) is 12.9. The lowest BCUT2D eigenvalue weighted by molar-refractivity contribution is 0.558. The van der Waals surface area contributed by atoms with Crippen molar-refractivity contribution in [2.45, 2.75) is 11.4 Å². The van der Waals surface area contributed by atoms with E-state index >= 15 is 0 Å². The molecule has 0 radical (unpaired) electrons. The summed E-state index contributed by atoms with van der Waals surface area (Å²) in [5.74, 6) is -1.03. The molecule has 2 aromatic carbocycles. The minimum atomic E-state index is -4.08. The maximum Gasteiger partial charge on any atom is 0.243 e. The summed E-state index contributed by atoms with van der Waals surface area (Å²) in [6.07, 6.45) is 0. The van der Waals surface area contributed by atoms with Gasteiger partial charge in [-0.15, -0.1) is 0 Å². The Morgan fingerprint density at radius 1 is 1.14 bits per heavy atom. The first-order valence-electron chi connectivity index (χ1n) is 5.78. The van der Waals surface area contributed by atoms with Crippen LogP contribution in [0, 0.1) is 5.82 Å². The number of sulfonamides is 1. The molecule has 0 saturated carbocycles. The third-order valence-electron chi connectivity index (χ3n) is 2.68. The largest absolute Gasteiger partial charge is 0.396 e. The van der Waals surface area contributed by atoms with Gasteiger partial charge in [0, 0.05) is 16.6 Å². The van der Waals surface area contributed by atoms with Crippen molar-refractivity contribution in [3.8, 4) is 0 Å². The summed E-state index contributed by atoms with van der Waals surface area (Å²) in [6, 6.07) is 8.80. The smallest absolute Gasteiger partial charge is 0.243 e. The van der Waals surface area contributed by atoms with Crippen LogP contribution in [-0.2, 0) is 16.6 Å². The Hall–Kier alpha value is -1.34. The molecule has 2 aromatic rings. The predicted octanol–water partition coefficient (Wildman–Crippen LogP) is 3.19. The van der Waals surface area contributed by atoms with Gasteiger partial charge >= 0.3 is 0 Å². The lowest BCUT2D eigenvalue weighted by Crippen LogP contribution is -2.24. The Bertz CT molecular complexity index is 782. The molecule has 21 heavy (non-hydrogen) atoms. The van der Waals surface area contributed by atoms with Gasteiger partial charge in [0.05, 0.1) is 5.69 Å². The summed E-state index contributed by atoms with van der Waals surface area (Å²) >= 11 is 11.5. The molecule has 0 unspecified atom stereocenters. The van der Waals surface area contributed by atoms with Gasteiger partial charge in [-0.2, -0.15) is 0 Å². The molecule has 112 valence electrons. The number of halogens is 3. The van der Waals surface area contributed by atoms with Crippen molar-refractivity contribution in [3.63, 3.8) is 0 Å². The summed E-state index contributed by atoms with van der Waals surface area (Å²) in [4.78, 5) is -0.588. The van der Waals surface area contributed by atoms with Crippen LogP contribution in [0.5, 0.6) is 0 Å². The van der Waals surface area contributed by atoms with Crippen LogP contribution < -0.4 is 10.5 Å². The maximum atomic E-state index is 13.8. The molecule has 0 fully saturated rings. The second-order valence-corrected chi connectivity index (χ2v) is 6.87. The van der Waals surface area contributed by atoms with Crippen molar-refractivity contribution in [3.05, 3.63) is 57.8 Å². The van der Waals surface area contributed by atoms with Gasteiger partial charge < -0.3 is 5.73 Å². The monoisotopic (exact) mass is 348 g/mol. The molecule has 0 aliphatic rings. The molecule has 2 rings (SSSR count). The van der Waals surface area contributed by atoms with E-state index < -0.39 is 20.7 Å². The van der Waals surface area contributed by atoms with Gasteiger partial charge in [-0.1, -0.05) is 35.3 Å². The number of nitrogen functional groups attached to an aromatic ring is 1. The minimum Gasteiger partial charge on any atom is -0.396 e. The van der Waals surface area contributed by atoms with Crippen LogP contribution in [0.15, 0.2) is 41.3 Å². The number of rotatable bonds is 4. The average molecular weight is 349 g/mol. The number of nitrogens with two attached hydrogens (primary N) is 1. The fourth-order valence-corrected chi connectivity index (χ4v) is 3.34. The topological polar surface area (TPSA) is 72.2 Å². The highest BCUT2D eigenvalue weighted by atomic mass is 35.5. The fourth-order valence-electron chi connectivity index (χ4n) is 1.68. The second kappa shape index (κ2) is 6.19. The molecule has 0 saturated heterocycles. The van der Waals surface area contributed by atoms with Crippen LogP contribution in [0.1, 0.15) is 5.56 Å². The first kappa shape index (κ1) is 16.0. The number of nitrogens with one attached hydrogen (secondary N) is 1. The highest BCUT2D eigenvalue weighted by Gasteiger charge is 2.21. The zero-order chi connectivity index (χ0) is 15.6. The van der Waals surface area contributed by atoms with Crippen LogP contribution in [0.4, 0.5) is 10.1 Å². The van der Waals surface area contributed by atoms with E-state index in [-0.39, 0.29) is 17.3 Å². The molecule has 0 aromatic heterocycles. The van der Waals surface area contributed by atoms with Crippen LogP contribution in [0.2, 0.25) is 10.0 Å². The van der Waals surface area contributed by atoms with Crippen LogP contribution in [0.25, 0.3) is 0 Å². The average Bonchev–Trinajstić information content (AvgIpc) is 2.41. The molecule has 0 aliphatic heterocycles. The second-order valence-electron chi connectivity index (χ2n) is 4.26. The number of benzene rings is 2. The van der Waals surface area contributed by atoms with E-state index in [0.717, 1.165) is 12.1 Å². The number of anilines is 1. The van der Waals surface area contributed by atoms with Gasteiger partial charge in [-0.05, 0) is 29.8 Å². The highest BCUT2D eigenvalue weighted by molar-refractivity contribution is 7.89. The molecule has 0 aliphatic carbocycles. The highest BCUT2D eigenvalue weighted by Crippen LogP contribution is 2.25. The van der Waals surface area contributed by atoms with Gasteiger partial charge in [0.15, 0.2) is 5.82 Å². The molecular weight excluding hydrogens is 338 g/mol. The predicted molar refractivity (Wildman–Crippen MR) is 81.3 cm³/mol. The van der Waals surface area contributed by atoms with Gasteiger partial charge in [0.25, 0.3) is 0 Å². The van der Waals surface area contributed by atoms with Crippen molar-refractivity contribution >= 4 is 38.9 Å². The van der Waals surface area contributed by atoms with Gasteiger partial charge in [-0.3, -0.25) is 0 Å². The van der Waals surface area contributed by atoms with E-state index in [1.54, 1.807) is 24.3 Å². The summed E-state index contributed by atoms with van der Waals surface area (Å²) in [5, 5.41) is 0.516. The quantitative estimate of drug-likeness (QED) is 0.833. The SMILES string of the molecule is Nc1cc(Cl)cc(S(=O)(=O)NCc2cccc(Cl)c2)c1F. The van der Waals surface area contributed by atoms with Crippen LogP contribution >= 0.6 is 23.2 Å². The summed E-state index contributed by atoms with van der Waals surface area (Å²) in [6.45, 7) is -0.0330. The van der Waals surface area contributed by atoms with Gasteiger partial charge in [0.2, 0.25) is 10.0 Å². The lowest BCUT2D eigenvalue weighted by atomic mass is 10.2. The Morgan fingerprint density at radius 3 is 2.52 bits per heavy atom. The third-order valence-corrected chi connectivity index (χ3v) is 4.53. The van der Waals surface area contributed by atoms with Crippen molar-refractivity contribution in [2.24, 2.45) is 0 Å². The molecule has 3 N–H and O–H groups in total. The fraction of sp³-hybridized carbons (Fsp3) is 0.0769. The molecule has 0 heterocycles. The van der Waals surface area contributed by atoms with E-state index in [0.29, 0.717) is 10.6 Å². The first-order valence-corrected chi connectivity index (χ1v) is 8.02. The van der Waals surface area contributed by atoms with E-state index in [2.05, 4.69) is 4.72 Å². The third kappa shape index (κ3) is 3.85. The Balaban J connectivity index is 2.27. The van der Waals surface area contributed by atoms with Crippen LogP contribution in [0.3, 0.4) is 0 Å². The molecule has 0 spiro atoms. The molecule has 8 heteroatoms. The number of hydrogen-bond donors (Lipinski definition) is 2.